The van der Waals surface area contributed by atoms with Crippen LogP contribution in [0.1, 0.15) is 63.5 Å². The van der Waals surface area contributed by atoms with E-state index < -0.39 is 0 Å². The second-order valence-corrected chi connectivity index (χ2v) is 6.64. The molecule has 0 aromatic carbocycles. The third kappa shape index (κ3) is 2.59. The minimum absolute atomic E-state index is 0.476. The molecule has 1 saturated carbocycles. The third-order valence-corrected chi connectivity index (χ3v) is 5.07. The van der Waals surface area contributed by atoms with Crippen LogP contribution in [-0.2, 0) is 12.4 Å². The zero-order chi connectivity index (χ0) is 15.0. The van der Waals surface area contributed by atoms with Gasteiger partial charge in [-0.25, -0.2) is 9.67 Å². The average Bonchev–Trinajstić information content (AvgIpc) is 2.92. The van der Waals surface area contributed by atoms with Gasteiger partial charge in [-0.1, -0.05) is 19.8 Å². The first-order valence-corrected chi connectivity index (χ1v) is 8.69. The van der Waals surface area contributed by atoms with Gasteiger partial charge >= 0.3 is 0 Å². The Bertz CT molecular complexity index is 628. The first-order chi connectivity index (χ1) is 10.2. The monoisotopic (exact) mass is 308 g/mol. The zero-order valence-electron chi connectivity index (χ0n) is 13.3. The molecule has 0 amide bonds. The van der Waals surface area contributed by atoms with Crippen LogP contribution in [0.2, 0.25) is 0 Å². The van der Waals surface area contributed by atoms with E-state index in [2.05, 4.69) is 28.2 Å². The standard InChI is InChI=1S/C16H25ClN4/c1-4-20-16-15(12(3)19-20)18-14(10-17)21(16)13-7-5-6-11(2)8-9-13/h11,13H,4-10H2,1-3H3. The molecular weight excluding hydrogens is 284 g/mol. The second kappa shape index (κ2) is 5.99. The van der Waals surface area contributed by atoms with Gasteiger partial charge in [0.05, 0.1) is 11.6 Å². The molecular formula is C16H25ClN4. The molecule has 2 atom stereocenters. The highest BCUT2D eigenvalue weighted by Crippen LogP contribution is 2.34. The molecule has 0 radical (unpaired) electrons. The van der Waals surface area contributed by atoms with E-state index in [9.17, 15) is 0 Å². The summed E-state index contributed by atoms with van der Waals surface area (Å²) in [5, 5.41) is 4.63. The lowest BCUT2D eigenvalue weighted by molar-refractivity contribution is 0.426. The maximum atomic E-state index is 6.18. The molecule has 2 aromatic rings. The number of imidazole rings is 1. The highest BCUT2D eigenvalue weighted by molar-refractivity contribution is 6.16. The molecule has 0 N–H and O–H groups in total. The lowest BCUT2D eigenvalue weighted by atomic mass is 10.0. The van der Waals surface area contributed by atoms with Crippen molar-refractivity contribution in [2.24, 2.45) is 5.92 Å². The molecule has 4 nitrogen and oxygen atoms in total. The number of fused-ring (bicyclic) bond motifs is 1. The molecule has 1 aliphatic carbocycles. The zero-order valence-corrected chi connectivity index (χ0v) is 14.0. The van der Waals surface area contributed by atoms with Gasteiger partial charge in [-0.2, -0.15) is 5.10 Å². The molecule has 5 heteroatoms. The normalized spacial score (nSPS) is 23.6. The van der Waals surface area contributed by atoms with E-state index in [0.717, 1.165) is 29.5 Å². The van der Waals surface area contributed by atoms with E-state index in [4.69, 9.17) is 16.6 Å². The van der Waals surface area contributed by atoms with Crippen LogP contribution in [0.3, 0.4) is 0 Å². The summed E-state index contributed by atoms with van der Waals surface area (Å²) in [6, 6.07) is 0.523. The Morgan fingerprint density at radius 2 is 2.05 bits per heavy atom. The van der Waals surface area contributed by atoms with Crippen LogP contribution in [0.15, 0.2) is 0 Å². The van der Waals surface area contributed by atoms with E-state index in [1.807, 2.05) is 6.92 Å². The van der Waals surface area contributed by atoms with Gasteiger partial charge in [-0.15, -0.1) is 11.6 Å². The summed E-state index contributed by atoms with van der Waals surface area (Å²) in [6.45, 7) is 7.42. The van der Waals surface area contributed by atoms with E-state index in [1.54, 1.807) is 0 Å². The Hall–Kier alpha value is -1.03. The van der Waals surface area contributed by atoms with E-state index >= 15 is 0 Å². The van der Waals surface area contributed by atoms with Crippen molar-refractivity contribution in [2.45, 2.75) is 71.3 Å². The van der Waals surface area contributed by atoms with Gasteiger partial charge in [-0.3, -0.25) is 0 Å². The number of aromatic nitrogens is 4. The number of aryl methyl sites for hydroxylation is 2. The summed E-state index contributed by atoms with van der Waals surface area (Å²) in [4.78, 5) is 4.77. The Balaban J connectivity index is 2.10. The molecule has 0 spiro atoms. The predicted octanol–water partition coefficient (Wildman–Crippen LogP) is 4.44. The minimum atomic E-state index is 0.476. The van der Waals surface area contributed by atoms with Gasteiger partial charge in [-0.05, 0) is 39.0 Å². The molecule has 2 aromatic heterocycles. The van der Waals surface area contributed by atoms with Crippen LogP contribution in [-0.4, -0.2) is 19.3 Å². The molecule has 0 aliphatic heterocycles. The molecule has 21 heavy (non-hydrogen) atoms. The summed E-state index contributed by atoms with van der Waals surface area (Å²) in [7, 11) is 0. The van der Waals surface area contributed by atoms with Crippen molar-refractivity contribution in [1.82, 2.24) is 19.3 Å². The molecule has 2 heterocycles. The number of alkyl halides is 1. The fraction of sp³-hybridized carbons (Fsp3) is 0.750. The van der Waals surface area contributed by atoms with Crippen LogP contribution in [0.5, 0.6) is 0 Å². The lowest BCUT2D eigenvalue weighted by Crippen LogP contribution is -2.14. The number of rotatable bonds is 3. The molecule has 1 fully saturated rings. The van der Waals surface area contributed by atoms with Gasteiger partial charge in [0.15, 0.2) is 5.65 Å². The highest BCUT2D eigenvalue weighted by Gasteiger charge is 2.25. The van der Waals surface area contributed by atoms with Crippen molar-refractivity contribution in [2.75, 3.05) is 0 Å². The number of hydrogen-bond donors (Lipinski definition) is 0. The van der Waals surface area contributed by atoms with Crippen LogP contribution in [0, 0.1) is 12.8 Å². The molecule has 0 bridgehead atoms. The van der Waals surface area contributed by atoms with Crippen molar-refractivity contribution in [3.63, 3.8) is 0 Å². The minimum Gasteiger partial charge on any atom is -0.309 e. The van der Waals surface area contributed by atoms with Crippen LogP contribution < -0.4 is 0 Å². The smallest absolute Gasteiger partial charge is 0.159 e. The SMILES string of the molecule is CCn1nc(C)c2nc(CCl)n(C3CCCC(C)CC3)c21. The highest BCUT2D eigenvalue weighted by atomic mass is 35.5. The van der Waals surface area contributed by atoms with Gasteiger partial charge in [0.2, 0.25) is 0 Å². The quantitative estimate of drug-likeness (QED) is 0.620. The first kappa shape index (κ1) is 14.9. The molecule has 0 saturated heterocycles. The Kier molecular flexibility index (Phi) is 4.25. The molecule has 1 aliphatic rings. The van der Waals surface area contributed by atoms with Crippen molar-refractivity contribution in [3.8, 4) is 0 Å². The maximum absolute atomic E-state index is 6.18. The van der Waals surface area contributed by atoms with Crippen molar-refractivity contribution < 1.29 is 0 Å². The van der Waals surface area contributed by atoms with E-state index in [-0.39, 0.29) is 0 Å². The Morgan fingerprint density at radius 3 is 2.76 bits per heavy atom. The third-order valence-electron chi connectivity index (χ3n) is 4.83. The van der Waals surface area contributed by atoms with Gasteiger partial charge < -0.3 is 4.57 Å². The van der Waals surface area contributed by atoms with Crippen molar-refractivity contribution in [1.29, 1.82) is 0 Å². The number of nitrogens with zero attached hydrogens (tertiary/aromatic N) is 4. The van der Waals surface area contributed by atoms with Gasteiger partial charge in [0, 0.05) is 12.6 Å². The number of halogens is 1. The summed E-state index contributed by atoms with van der Waals surface area (Å²) in [6.07, 6.45) is 6.40. The first-order valence-electron chi connectivity index (χ1n) is 8.15. The fourth-order valence-electron chi connectivity index (χ4n) is 3.66. The molecule has 3 rings (SSSR count). The largest absolute Gasteiger partial charge is 0.309 e. The van der Waals surface area contributed by atoms with Gasteiger partial charge in [0.25, 0.3) is 0 Å². The Labute approximate surface area is 131 Å². The van der Waals surface area contributed by atoms with Gasteiger partial charge in [0.1, 0.15) is 11.3 Å². The van der Waals surface area contributed by atoms with Crippen LogP contribution >= 0.6 is 11.6 Å². The van der Waals surface area contributed by atoms with Crippen LogP contribution in [0.25, 0.3) is 11.2 Å². The molecule has 2 unspecified atom stereocenters. The van der Waals surface area contributed by atoms with Crippen molar-refractivity contribution >= 4 is 22.8 Å². The van der Waals surface area contributed by atoms with E-state index in [0.29, 0.717) is 11.9 Å². The summed E-state index contributed by atoms with van der Waals surface area (Å²) >= 11 is 6.18. The second-order valence-electron chi connectivity index (χ2n) is 6.37. The summed E-state index contributed by atoms with van der Waals surface area (Å²) < 4.78 is 4.48. The molecule has 116 valence electrons. The van der Waals surface area contributed by atoms with Crippen LogP contribution in [0.4, 0.5) is 0 Å². The topological polar surface area (TPSA) is 35.6 Å². The fourth-order valence-corrected chi connectivity index (χ4v) is 3.85. The van der Waals surface area contributed by atoms with Crippen molar-refractivity contribution in [3.05, 3.63) is 11.5 Å². The van der Waals surface area contributed by atoms with E-state index in [1.165, 1.54) is 37.8 Å². The predicted molar refractivity (Wildman–Crippen MR) is 86.8 cm³/mol. The maximum Gasteiger partial charge on any atom is 0.159 e. The summed E-state index contributed by atoms with van der Waals surface area (Å²) in [5.74, 6) is 2.32. The number of hydrogen-bond acceptors (Lipinski definition) is 2. The average molecular weight is 309 g/mol. The Morgan fingerprint density at radius 1 is 1.24 bits per heavy atom. The lowest BCUT2D eigenvalue weighted by Gasteiger charge is -2.20. The summed E-state index contributed by atoms with van der Waals surface area (Å²) in [5.41, 5.74) is 3.22.